The molecule has 0 spiro atoms. The third kappa shape index (κ3) is 4.49. The van der Waals surface area contributed by atoms with Crippen LogP contribution in [0.4, 0.5) is 13.9 Å². The second-order valence-corrected chi connectivity index (χ2v) is 10.1. The summed E-state index contributed by atoms with van der Waals surface area (Å²) in [6.45, 7) is 3.22. The number of piperazine rings is 1. The number of nitrogens with zero attached hydrogens (tertiary/aromatic N) is 3. The van der Waals surface area contributed by atoms with Crippen LogP contribution in [0.1, 0.15) is 18.9 Å². The maximum absolute atomic E-state index is 14.0. The van der Waals surface area contributed by atoms with E-state index in [1.807, 2.05) is 10.3 Å². The van der Waals surface area contributed by atoms with Gasteiger partial charge >= 0.3 is 0 Å². The molecule has 1 aliphatic rings. The summed E-state index contributed by atoms with van der Waals surface area (Å²) < 4.78 is 54.7. The number of aromatic nitrogens is 1. The quantitative estimate of drug-likeness (QED) is 0.538. The minimum atomic E-state index is -4.24. The van der Waals surface area contributed by atoms with Gasteiger partial charge in [0.15, 0.2) is 10.0 Å². The topological polar surface area (TPSA) is 53.5 Å². The van der Waals surface area contributed by atoms with Gasteiger partial charge in [-0.05, 0) is 24.1 Å². The van der Waals surface area contributed by atoms with E-state index in [2.05, 4.69) is 31.2 Å². The highest BCUT2D eigenvalue weighted by atomic mass is 32.2. The van der Waals surface area contributed by atoms with Crippen molar-refractivity contribution in [2.45, 2.75) is 24.7 Å². The van der Waals surface area contributed by atoms with Crippen LogP contribution in [-0.2, 0) is 16.4 Å². The van der Waals surface area contributed by atoms with Gasteiger partial charge in [-0.25, -0.2) is 22.2 Å². The molecule has 0 N–H and O–H groups in total. The highest BCUT2D eigenvalue weighted by Gasteiger charge is 2.33. The Bertz CT molecular complexity index is 1140. The van der Waals surface area contributed by atoms with Gasteiger partial charge in [-0.15, -0.1) is 11.3 Å². The number of halogens is 2. The van der Waals surface area contributed by atoms with E-state index >= 15 is 0 Å². The highest BCUT2D eigenvalue weighted by Crippen LogP contribution is 2.30. The molecule has 0 unspecified atom stereocenters. The molecule has 0 bridgehead atoms. The monoisotopic (exact) mass is 463 g/mol. The lowest BCUT2D eigenvalue weighted by atomic mass is 10.1. The van der Waals surface area contributed by atoms with Crippen molar-refractivity contribution < 1.29 is 17.2 Å². The Kier molecular flexibility index (Phi) is 6.36. The Labute approximate surface area is 185 Å². The molecule has 4 rings (SSSR count). The molecule has 0 aliphatic carbocycles. The zero-order valence-corrected chi connectivity index (χ0v) is 18.7. The van der Waals surface area contributed by atoms with Crippen molar-refractivity contribution in [3.63, 3.8) is 0 Å². The fourth-order valence-electron chi connectivity index (χ4n) is 3.65. The molecule has 5 nitrogen and oxygen atoms in total. The van der Waals surface area contributed by atoms with Gasteiger partial charge in [-0.3, -0.25) is 0 Å². The van der Waals surface area contributed by atoms with Crippen LogP contribution in [0.3, 0.4) is 0 Å². The molecule has 0 radical (unpaired) electrons. The molecule has 1 aliphatic heterocycles. The minimum absolute atomic E-state index is 0.136. The van der Waals surface area contributed by atoms with Crippen molar-refractivity contribution in [3.05, 3.63) is 65.0 Å². The standard InChI is InChI=1S/C22H23F2N3O2S2/c1-2-4-16-7-9-17(10-8-16)20-15-30-22(25-20)26-11-13-27(14-12-26)31(28,29)21-18(23)5-3-6-19(21)24/h3,5-10,15H,2,4,11-14H2,1H3. The molecule has 2 heterocycles. The molecule has 2 aromatic carbocycles. The molecule has 164 valence electrons. The predicted octanol–water partition coefficient (Wildman–Crippen LogP) is 4.55. The third-order valence-corrected chi connectivity index (χ3v) is 8.16. The summed E-state index contributed by atoms with van der Waals surface area (Å²) in [4.78, 5) is 5.83. The molecule has 1 fully saturated rings. The molecule has 0 saturated carbocycles. The Morgan fingerprint density at radius 2 is 1.65 bits per heavy atom. The van der Waals surface area contributed by atoms with Crippen LogP contribution in [-0.4, -0.2) is 43.9 Å². The lowest BCUT2D eigenvalue weighted by Crippen LogP contribution is -2.49. The van der Waals surface area contributed by atoms with Crippen LogP contribution in [0.15, 0.2) is 52.7 Å². The number of sulfonamides is 1. The first-order valence-corrected chi connectivity index (χ1v) is 12.5. The van der Waals surface area contributed by atoms with Crippen LogP contribution in [0, 0.1) is 11.6 Å². The van der Waals surface area contributed by atoms with E-state index < -0.39 is 26.6 Å². The minimum Gasteiger partial charge on any atom is -0.345 e. The normalized spacial score (nSPS) is 15.4. The third-order valence-electron chi connectivity index (χ3n) is 5.31. The summed E-state index contributed by atoms with van der Waals surface area (Å²) in [5.41, 5.74) is 3.22. The first-order chi connectivity index (χ1) is 14.9. The Morgan fingerprint density at radius 1 is 1.00 bits per heavy atom. The van der Waals surface area contributed by atoms with Crippen molar-refractivity contribution in [1.82, 2.24) is 9.29 Å². The van der Waals surface area contributed by atoms with Gasteiger partial charge in [0, 0.05) is 37.1 Å². The lowest BCUT2D eigenvalue weighted by Gasteiger charge is -2.33. The van der Waals surface area contributed by atoms with Gasteiger partial charge in [0.25, 0.3) is 0 Å². The van der Waals surface area contributed by atoms with Crippen LogP contribution < -0.4 is 4.90 Å². The Morgan fingerprint density at radius 3 is 2.26 bits per heavy atom. The number of benzene rings is 2. The number of anilines is 1. The van der Waals surface area contributed by atoms with Gasteiger partial charge in [0.2, 0.25) is 10.0 Å². The summed E-state index contributed by atoms with van der Waals surface area (Å²) in [6.07, 6.45) is 2.15. The second-order valence-electron chi connectivity index (χ2n) is 7.40. The van der Waals surface area contributed by atoms with E-state index in [1.54, 1.807) is 0 Å². The molecule has 1 saturated heterocycles. The van der Waals surface area contributed by atoms with Crippen LogP contribution >= 0.6 is 11.3 Å². The van der Waals surface area contributed by atoms with Crippen molar-refractivity contribution in [2.75, 3.05) is 31.1 Å². The van der Waals surface area contributed by atoms with E-state index in [4.69, 9.17) is 4.98 Å². The number of hydrogen-bond acceptors (Lipinski definition) is 5. The summed E-state index contributed by atoms with van der Waals surface area (Å²) >= 11 is 1.50. The number of aryl methyl sites for hydroxylation is 1. The summed E-state index contributed by atoms with van der Waals surface area (Å²) in [5, 5.41) is 2.80. The van der Waals surface area contributed by atoms with Crippen LogP contribution in [0.5, 0.6) is 0 Å². The molecule has 0 amide bonds. The summed E-state index contributed by atoms with van der Waals surface area (Å²) in [5.74, 6) is -2.14. The fourth-order valence-corrected chi connectivity index (χ4v) is 6.07. The Balaban J connectivity index is 1.45. The first-order valence-electron chi connectivity index (χ1n) is 10.1. The van der Waals surface area contributed by atoms with Crippen molar-refractivity contribution >= 4 is 26.5 Å². The van der Waals surface area contributed by atoms with Gasteiger partial charge in [0.05, 0.1) is 5.69 Å². The summed E-state index contributed by atoms with van der Waals surface area (Å²) in [6, 6.07) is 11.4. The highest BCUT2D eigenvalue weighted by molar-refractivity contribution is 7.89. The largest absolute Gasteiger partial charge is 0.345 e. The van der Waals surface area contributed by atoms with Gasteiger partial charge in [-0.2, -0.15) is 4.31 Å². The zero-order valence-electron chi connectivity index (χ0n) is 17.1. The summed E-state index contributed by atoms with van der Waals surface area (Å²) in [7, 11) is -4.24. The second kappa shape index (κ2) is 9.02. The Hall–Kier alpha value is -2.36. The first kappa shape index (κ1) is 21.9. The maximum atomic E-state index is 14.0. The molecule has 3 aromatic rings. The lowest BCUT2D eigenvalue weighted by molar-refractivity contribution is 0.378. The van der Waals surface area contributed by atoms with Crippen LogP contribution in [0.2, 0.25) is 0 Å². The van der Waals surface area contributed by atoms with Gasteiger partial charge in [-0.1, -0.05) is 43.7 Å². The van der Waals surface area contributed by atoms with E-state index in [-0.39, 0.29) is 13.1 Å². The molecule has 31 heavy (non-hydrogen) atoms. The number of thiazole rings is 1. The maximum Gasteiger partial charge on any atom is 0.249 e. The number of rotatable bonds is 6. The average molecular weight is 464 g/mol. The van der Waals surface area contributed by atoms with E-state index in [0.717, 1.165) is 51.7 Å². The molecule has 1 aromatic heterocycles. The molecule has 9 heteroatoms. The number of hydrogen-bond donors (Lipinski definition) is 0. The molecule has 0 atom stereocenters. The van der Waals surface area contributed by atoms with Crippen molar-refractivity contribution in [3.8, 4) is 11.3 Å². The van der Waals surface area contributed by atoms with Crippen LogP contribution in [0.25, 0.3) is 11.3 Å². The van der Waals surface area contributed by atoms with E-state index in [1.165, 1.54) is 16.9 Å². The van der Waals surface area contributed by atoms with Gasteiger partial charge in [0.1, 0.15) is 11.6 Å². The van der Waals surface area contributed by atoms with Crippen molar-refractivity contribution in [1.29, 1.82) is 0 Å². The zero-order chi connectivity index (χ0) is 22.0. The van der Waals surface area contributed by atoms with E-state index in [0.29, 0.717) is 13.1 Å². The average Bonchev–Trinajstić information content (AvgIpc) is 3.25. The fraction of sp³-hybridized carbons (Fsp3) is 0.318. The van der Waals surface area contributed by atoms with Gasteiger partial charge < -0.3 is 4.90 Å². The van der Waals surface area contributed by atoms with E-state index in [9.17, 15) is 17.2 Å². The smallest absolute Gasteiger partial charge is 0.249 e. The van der Waals surface area contributed by atoms with Crippen molar-refractivity contribution in [2.24, 2.45) is 0 Å². The SMILES string of the molecule is CCCc1ccc(-c2csc(N3CCN(S(=O)(=O)c4c(F)cccc4F)CC3)n2)cc1. The predicted molar refractivity (Wildman–Crippen MR) is 119 cm³/mol. The molecular formula is C22H23F2N3O2S2. The molecular weight excluding hydrogens is 440 g/mol.